The van der Waals surface area contributed by atoms with Crippen LogP contribution in [0.3, 0.4) is 0 Å². The molecule has 1 aromatic rings. The van der Waals surface area contributed by atoms with Crippen LogP contribution in [0.2, 0.25) is 0 Å². The van der Waals surface area contributed by atoms with E-state index in [9.17, 15) is 4.79 Å². The summed E-state index contributed by atoms with van der Waals surface area (Å²) in [5.41, 5.74) is 6.01. The Kier molecular flexibility index (Phi) is 2.65. The third kappa shape index (κ3) is 2.20. The third-order valence-corrected chi connectivity index (χ3v) is 2.28. The summed E-state index contributed by atoms with van der Waals surface area (Å²) in [5, 5.41) is 5.54. The van der Waals surface area contributed by atoms with Crippen LogP contribution in [0.4, 0.5) is 5.13 Å². The van der Waals surface area contributed by atoms with E-state index in [4.69, 9.17) is 5.73 Å². The van der Waals surface area contributed by atoms with Gasteiger partial charge in [0, 0.05) is 5.38 Å². The van der Waals surface area contributed by atoms with Crippen molar-refractivity contribution in [1.82, 2.24) is 4.98 Å². The molecule has 3 N–H and O–H groups in total. The summed E-state index contributed by atoms with van der Waals surface area (Å²) in [6, 6.07) is -0.365. The van der Waals surface area contributed by atoms with Gasteiger partial charge in [-0.1, -0.05) is 0 Å². The van der Waals surface area contributed by atoms with Crippen molar-refractivity contribution in [1.29, 1.82) is 0 Å². The first-order valence-electron chi connectivity index (χ1n) is 3.57. The number of aryl methyl sites for hydroxylation is 1. The van der Waals surface area contributed by atoms with Gasteiger partial charge in [-0.05, 0) is 13.8 Å². The molecule has 0 aliphatic carbocycles. The first-order valence-corrected chi connectivity index (χ1v) is 4.45. The summed E-state index contributed by atoms with van der Waals surface area (Å²) in [7, 11) is 0. The molecule has 1 aromatic heterocycles. The average Bonchev–Trinajstić information content (AvgIpc) is 2.35. The van der Waals surface area contributed by atoms with Crippen LogP contribution in [-0.4, -0.2) is 16.9 Å². The first kappa shape index (κ1) is 8.99. The number of hydrogen-bond donors (Lipinski definition) is 2. The van der Waals surface area contributed by atoms with Crippen LogP contribution in [0.25, 0.3) is 0 Å². The number of hydrogen-bond acceptors (Lipinski definition) is 4. The van der Waals surface area contributed by atoms with E-state index in [0.717, 1.165) is 10.8 Å². The van der Waals surface area contributed by atoms with Crippen LogP contribution in [0.1, 0.15) is 12.6 Å². The summed E-state index contributed by atoms with van der Waals surface area (Å²) in [4.78, 5) is 14.8. The monoisotopic (exact) mass is 185 g/mol. The van der Waals surface area contributed by atoms with Crippen molar-refractivity contribution in [2.75, 3.05) is 5.32 Å². The number of nitrogens with one attached hydrogen (secondary N) is 1. The number of amides is 1. The van der Waals surface area contributed by atoms with Gasteiger partial charge in [-0.2, -0.15) is 0 Å². The zero-order valence-electron chi connectivity index (χ0n) is 7.00. The lowest BCUT2D eigenvalue weighted by Gasteiger charge is -2.06. The highest BCUT2D eigenvalue weighted by molar-refractivity contribution is 7.13. The molecule has 66 valence electrons. The number of rotatable bonds is 3. The molecule has 1 unspecified atom stereocenters. The van der Waals surface area contributed by atoms with Crippen LogP contribution >= 0.6 is 11.3 Å². The predicted octanol–water partition coefficient (Wildman–Crippen LogP) is 0.737. The maximum absolute atomic E-state index is 10.6. The highest BCUT2D eigenvalue weighted by Crippen LogP contribution is 2.14. The number of carbonyl (C=O) groups excluding carboxylic acids is 1. The van der Waals surface area contributed by atoms with Crippen molar-refractivity contribution in [3.63, 3.8) is 0 Å². The van der Waals surface area contributed by atoms with Crippen LogP contribution in [0, 0.1) is 6.92 Å². The summed E-state index contributed by atoms with van der Waals surface area (Å²) >= 11 is 1.47. The second kappa shape index (κ2) is 3.53. The van der Waals surface area contributed by atoms with Gasteiger partial charge < -0.3 is 11.1 Å². The Hall–Kier alpha value is -1.10. The van der Waals surface area contributed by atoms with Gasteiger partial charge in [0.1, 0.15) is 6.04 Å². The summed E-state index contributed by atoms with van der Waals surface area (Å²) < 4.78 is 0. The molecule has 1 heterocycles. The Bertz CT molecular complexity index is 284. The SMILES string of the molecule is Cc1csc(NC(C)C(N)=O)n1. The molecule has 0 radical (unpaired) electrons. The number of nitrogens with zero attached hydrogens (tertiary/aromatic N) is 1. The van der Waals surface area contributed by atoms with Gasteiger partial charge in [0.2, 0.25) is 5.91 Å². The van der Waals surface area contributed by atoms with Gasteiger partial charge in [-0.15, -0.1) is 11.3 Å². The first-order chi connectivity index (χ1) is 5.59. The van der Waals surface area contributed by atoms with Crippen molar-refractivity contribution in [3.05, 3.63) is 11.1 Å². The Morgan fingerprint density at radius 1 is 1.83 bits per heavy atom. The highest BCUT2D eigenvalue weighted by Gasteiger charge is 2.09. The molecule has 1 amide bonds. The van der Waals surface area contributed by atoms with Crippen LogP contribution in [0.15, 0.2) is 5.38 Å². The van der Waals surface area contributed by atoms with Crippen molar-refractivity contribution >= 4 is 22.4 Å². The molecule has 5 heteroatoms. The lowest BCUT2D eigenvalue weighted by Crippen LogP contribution is -2.32. The summed E-state index contributed by atoms with van der Waals surface area (Å²) in [6.07, 6.45) is 0. The average molecular weight is 185 g/mol. The molecule has 1 rings (SSSR count). The van der Waals surface area contributed by atoms with Crippen molar-refractivity contribution in [3.8, 4) is 0 Å². The lowest BCUT2D eigenvalue weighted by molar-refractivity contribution is -0.118. The molecule has 0 fully saturated rings. The van der Waals surface area contributed by atoms with E-state index < -0.39 is 0 Å². The molecule has 12 heavy (non-hydrogen) atoms. The van der Waals surface area contributed by atoms with Crippen molar-refractivity contribution in [2.45, 2.75) is 19.9 Å². The molecule has 1 atom stereocenters. The predicted molar refractivity (Wildman–Crippen MR) is 49.1 cm³/mol. The van der Waals surface area contributed by atoms with Crippen LogP contribution < -0.4 is 11.1 Å². The van der Waals surface area contributed by atoms with E-state index >= 15 is 0 Å². The topological polar surface area (TPSA) is 68.0 Å². The molecular weight excluding hydrogens is 174 g/mol. The molecule has 0 saturated heterocycles. The minimum absolute atomic E-state index is 0.365. The molecule has 0 aliphatic heterocycles. The van der Waals surface area contributed by atoms with Gasteiger partial charge in [0.15, 0.2) is 5.13 Å². The van der Waals surface area contributed by atoms with E-state index in [1.807, 2.05) is 12.3 Å². The van der Waals surface area contributed by atoms with E-state index in [0.29, 0.717) is 0 Å². The minimum atomic E-state index is -0.372. The number of carbonyl (C=O) groups is 1. The zero-order valence-corrected chi connectivity index (χ0v) is 7.81. The zero-order chi connectivity index (χ0) is 9.14. The van der Waals surface area contributed by atoms with E-state index in [2.05, 4.69) is 10.3 Å². The number of thiazole rings is 1. The van der Waals surface area contributed by atoms with Crippen molar-refractivity contribution in [2.24, 2.45) is 5.73 Å². The number of aromatic nitrogens is 1. The molecule has 0 spiro atoms. The second-order valence-electron chi connectivity index (χ2n) is 2.56. The molecule has 0 bridgehead atoms. The molecule has 0 saturated carbocycles. The second-order valence-corrected chi connectivity index (χ2v) is 3.42. The number of primary amides is 1. The molecule has 0 aliphatic rings. The molecule has 0 aromatic carbocycles. The Labute approximate surface area is 74.8 Å². The maximum atomic E-state index is 10.6. The largest absolute Gasteiger partial charge is 0.368 e. The number of nitrogens with two attached hydrogens (primary N) is 1. The fourth-order valence-electron chi connectivity index (χ4n) is 0.677. The summed E-state index contributed by atoms with van der Waals surface area (Å²) in [5.74, 6) is -0.372. The Morgan fingerprint density at radius 3 is 2.92 bits per heavy atom. The fraction of sp³-hybridized carbons (Fsp3) is 0.429. The van der Waals surface area contributed by atoms with Gasteiger partial charge in [-0.3, -0.25) is 4.79 Å². The normalized spacial score (nSPS) is 12.5. The lowest BCUT2D eigenvalue weighted by atomic mass is 10.3. The van der Waals surface area contributed by atoms with Crippen molar-refractivity contribution < 1.29 is 4.79 Å². The quantitative estimate of drug-likeness (QED) is 0.729. The fourth-order valence-corrected chi connectivity index (χ4v) is 1.45. The van der Waals surface area contributed by atoms with Crippen LogP contribution in [-0.2, 0) is 4.79 Å². The van der Waals surface area contributed by atoms with Gasteiger partial charge in [-0.25, -0.2) is 4.98 Å². The molecular formula is C7H11N3OS. The van der Waals surface area contributed by atoms with Crippen LogP contribution in [0.5, 0.6) is 0 Å². The van der Waals surface area contributed by atoms with E-state index in [-0.39, 0.29) is 11.9 Å². The summed E-state index contributed by atoms with van der Waals surface area (Å²) in [6.45, 7) is 3.61. The van der Waals surface area contributed by atoms with Gasteiger partial charge in [0.25, 0.3) is 0 Å². The smallest absolute Gasteiger partial charge is 0.239 e. The third-order valence-electron chi connectivity index (χ3n) is 1.39. The highest BCUT2D eigenvalue weighted by atomic mass is 32.1. The maximum Gasteiger partial charge on any atom is 0.239 e. The van der Waals surface area contributed by atoms with Gasteiger partial charge in [0.05, 0.1) is 5.69 Å². The number of anilines is 1. The Morgan fingerprint density at radius 2 is 2.50 bits per heavy atom. The van der Waals surface area contributed by atoms with E-state index in [1.54, 1.807) is 6.92 Å². The molecule has 4 nitrogen and oxygen atoms in total. The van der Waals surface area contributed by atoms with Gasteiger partial charge >= 0.3 is 0 Å². The Balaban J connectivity index is 2.58. The minimum Gasteiger partial charge on any atom is -0.368 e. The standard InChI is InChI=1S/C7H11N3OS/c1-4-3-12-7(9-4)10-5(2)6(8)11/h3,5H,1-2H3,(H2,8,11)(H,9,10). The van der Waals surface area contributed by atoms with E-state index in [1.165, 1.54) is 11.3 Å².